The number of benzene rings is 6. The molecule has 192 valence electrons. The van der Waals surface area contributed by atoms with Gasteiger partial charge in [-0.15, -0.1) is 0 Å². The van der Waals surface area contributed by atoms with Crippen molar-refractivity contribution >= 4 is 54.8 Å². The van der Waals surface area contributed by atoms with E-state index in [1.165, 1.54) is 11.1 Å². The molecular weight excluding hydrogens is 504 g/mol. The molecule has 6 aromatic carbocycles. The average molecular weight is 527 g/mol. The molecule has 0 aliphatic carbocycles. The molecule has 0 fully saturated rings. The molecule has 4 nitrogen and oxygen atoms in total. The normalized spacial score (nSPS) is 11.9. The van der Waals surface area contributed by atoms with Gasteiger partial charge in [-0.2, -0.15) is 0 Å². The minimum absolute atomic E-state index is 0.617. The van der Waals surface area contributed by atoms with Crippen molar-refractivity contribution in [2.75, 3.05) is 0 Å². The fourth-order valence-corrected chi connectivity index (χ4v) is 6.12. The topological polar surface area (TPSA) is 44.1 Å². The lowest BCUT2D eigenvalue weighted by Gasteiger charge is -2.09. The Morgan fingerprint density at radius 2 is 1.24 bits per heavy atom. The van der Waals surface area contributed by atoms with Crippen molar-refractivity contribution in [1.82, 2.24) is 9.55 Å². The van der Waals surface area contributed by atoms with Crippen LogP contribution in [-0.2, 0) is 0 Å². The first kappa shape index (κ1) is 22.2. The second kappa shape index (κ2) is 8.44. The first-order chi connectivity index (χ1) is 20.3. The van der Waals surface area contributed by atoms with E-state index in [1.54, 1.807) is 0 Å². The fraction of sp³-hybridized carbons (Fsp3) is 0. The van der Waals surface area contributed by atoms with E-state index in [2.05, 4.69) is 95.6 Å². The standard InChI is InChI=1S/C37H22N2O2/c1-3-9-23(10-4-1)25-15-19-32-29(21-25)28-17-18-31-36(41-37(38-31)24-11-5-2-6-12-24)35(28)39(32)26-16-20-34-30(22-26)27-13-7-8-14-33(27)40-34/h1-22H. The van der Waals surface area contributed by atoms with E-state index in [1.807, 2.05) is 42.5 Å². The molecule has 41 heavy (non-hydrogen) atoms. The smallest absolute Gasteiger partial charge is 0.227 e. The Kier molecular flexibility index (Phi) is 4.58. The highest BCUT2D eigenvalue weighted by atomic mass is 16.3. The molecule has 0 radical (unpaired) electrons. The number of rotatable bonds is 3. The minimum Gasteiger partial charge on any atom is -0.456 e. The van der Waals surface area contributed by atoms with E-state index in [-0.39, 0.29) is 0 Å². The van der Waals surface area contributed by atoms with Crippen molar-refractivity contribution < 1.29 is 8.83 Å². The Bertz CT molecular complexity index is 2370. The van der Waals surface area contributed by atoms with Gasteiger partial charge in [-0.3, -0.25) is 0 Å². The van der Waals surface area contributed by atoms with Crippen LogP contribution in [-0.4, -0.2) is 9.55 Å². The van der Waals surface area contributed by atoms with Gasteiger partial charge >= 0.3 is 0 Å². The highest BCUT2D eigenvalue weighted by Crippen LogP contribution is 2.40. The zero-order valence-corrected chi connectivity index (χ0v) is 21.9. The van der Waals surface area contributed by atoms with E-state index in [9.17, 15) is 0 Å². The molecular formula is C37H22N2O2. The van der Waals surface area contributed by atoms with Crippen molar-refractivity contribution in [3.63, 3.8) is 0 Å². The molecule has 0 saturated carbocycles. The van der Waals surface area contributed by atoms with Crippen LogP contribution in [0.4, 0.5) is 0 Å². The first-order valence-electron chi connectivity index (χ1n) is 13.7. The molecule has 0 saturated heterocycles. The monoisotopic (exact) mass is 526 g/mol. The van der Waals surface area contributed by atoms with Gasteiger partial charge in [0.2, 0.25) is 5.89 Å². The number of oxazole rings is 1. The van der Waals surface area contributed by atoms with Gasteiger partial charge in [0.05, 0.1) is 11.0 Å². The summed E-state index contributed by atoms with van der Waals surface area (Å²) in [6.45, 7) is 0. The van der Waals surface area contributed by atoms with Crippen molar-refractivity contribution in [3.05, 3.63) is 133 Å². The summed E-state index contributed by atoms with van der Waals surface area (Å²) >= 11 is 0. The van der Waals surface area contributed by atoms with Gasteiger partial charge in [-0.05, 0) is 71.8 Å². The number of para-hydroxylation sites is 1. The van der Waals surface area contributed by atoms with E-state index in [4.69, 9.17) is 13.8 Å². The maximum absolute atomic E-state index is 6.57. The summed E-state index contributed by atoms with van der Waals surface area (Å²) in [7, 11) is 0. The summed E-state index contributed by atoms with van der Waals surface area (Å²) in [6.07, 6.45) is 0. The zero-order chi connectivity index (χ0) is 26.9. The van der Waals surface area contributed by atoms with Crippen LogP contribution in [0.25, 0.3) is 83.1 Å². The molecule has 0 amide bonds. The quantitative estimate of drug-likeness (QED) is 0.230. The second-order valence-corrected chi connectivity index (χ2v) is 10.4. The molecule has 0 atom stereocenters. The maximum atomic E-state index is 6.57. The number of furan rings is 1. The van der Waals surface area contributed by atoms with Crippen molar-refractivity contribution in [1.29, 1.82) is 0 Å². The van der Waals surface area contributed by atoms with Crippen molar-refractivity contribution in [2.45, 2.75) is 0 Å². The lowest BCUT2D eigenvalue weighted by atomic mass is 10.0. The predicted octanol–water partition coefficient (Wildman–Crippen LogP) is 10.2. The Morgan fingerprint density at radius 3 is 2.10 bits per heavy atom. The lowest BCUT2D eigenvalue weighted by Crippen LogP contribution is -1.94. The molecule has 0 aliphatic heterocycles. The van der Waals surface area contributed by atoms with Crippen LogP contribution in [0.5, 0.6) is 0 Å². The fourth-order valence-electron chi connectivity index (χ4n) is 6.12. The molecule has 0 unspecified atom stereocenters. The molecule has 0 aliphatic rings. The third-order valence-corrected chi connectivity index (χ3v) is 8.03. The number of fused-ring (bicyclic) bond motifs is 8. The van der Waals surface area contributed by atoms with E-state index in [0.717, 1.165) is 66.1 Å². The summed E-state index contributed by atoms with van der Waals surface area (Å²) in [5, 5.41) is 4.48. The summed E-state index contributed by atoms with van der Waals surface area (Å²) < 4.78 is 15.0. The van der Waals surface area contributed by atoms with Crippen LogP contribution in [0.2, 0.25) is 0 Å². The number of hydrogen-bond donors (Lipinski definition) is 0. The Hall–Kier alpha value is -5.61. The SMILES string of the molecule is c1ccc(-c2ccc3c(c2)c2ccc4nc(-c5ccccc5)oc4c2n3-c2ccc3oc4ccccc4c3c2)cc1. The third kappa shape index (κ3) is 3.31. The second-order valence-electron chi connectivity index (χ2n) is 10.4. The van der Waals surface area contributed by atoms with Crippen LogP contribution in [0.1, 0.15) is 0 Å². The van der Waals surface area contributed by atoms with Crippen LogP contribution >= 0.6 is 0 Å². The lowest BCUT2D eigenvalue weighted by molar-refractivity contribution is 0.622. The average Bonchev–Trinajstić information content (AvgIpc) is 3.73. The van der Waals surface area contributed by atoms with Gasteiger partial charge in [-0.1, -0.05) is 72.8 Å². The van der Waals surface area contributed by atoms with Crippen molar-refractivity contribution in [3.8, 4) is 28.3 Å². The van der Waals surface area contributed by atoms with E-state index in [0.29, 0.717) is 5.89 Å². The molecule has 9 aromatic rings. The van der Waals surface area contributed by atoms with Gasteiger partial charge in [0.1, 0.15) is 16.7 Å². The molecule has 4 heteroatoms. The van der Waals surface area contributed by atoms with Gasteiger partial charge in [0.15, 0.2) is 5.58 Å². The number of aromatic nitrogens is 2. The maximum Gasteiger partial charge on any atom is 0.227 e. The van der Waals surface area contributed by atoms with E-state index < -0.39 is 0 Å². The molecule has 3 heterocycles. The molecule has 0 spiro atoms. The highest BCUT2D eigenvalue weighted by Gasteiger charge is 2.20. The number of nitrogens with zero attached hydrogens (tertiary/aromatic N) is 2. The third-order valence-electron chi connectivity index (χ3n) is 8.03. The summed E-state index contributed by atoms with van der Waals surface area (Å²) in [4.78, 5) is 4.89. The van der Waals surface area contributed by atoms with Gasteiger partial charge in [0, 0.05) is 32.8 Å². The van der Waals surface area contributed by atoms with Crippen molar-refractivity contribution in [2.24, 2.45) is 0 Å². The number of hydrogen-bond acceptors (Lipinski definition) is 3. The minimum atomic E-state index is 0.617. The van der Waals surface area contributed by atoms with Gasteiger partial charge in [-0.25, -0.2) is 4.98 Å². The van der Waals surface area contributed by atoms with Gasteiger partial charge in [0.25, 0.3) is 0 Å². The molecule has 9 rings (SSSR count). The highest BCUT2D eigenvalue weighted by molar-refractivity contribution is 6.18. The molecule has 3 aromatic heterocycles. The summed E-state index contributed by atoms with van der Waals surface area (Å²) in [5.74, 6) is 0.617. The largest absolute Gasteiger partial charge is 0.456 e. The summed E-state index contributed by atoms with van der Waals surface area (Å²) in [6, 6.07) is 46.1. The first-order valence-corrected chi connectivity index (χ1v) is 13.7. The Balaban J connectivity index is 1.39. The van der Waals surface area contributed by atoms with E-state index >= 15 is 0 Å². The van der Waals surface area contributed by atoms with Crippen LogP contribution < -0.4 is 0 Å². The van der Waals surface area contributed by atoms with Crippen LogP contribution in [0.3, 0.4) is 0 Å². The van der Waals surface area contributed by atoms with Crippen LogP contribution in [0, 0.1) is 0 Å². The van der Waals surface area contributed by atoms with Gasteiger partial charge < -0.3 is 13.4 Å². The summed E-state index contributed by atoms with van der Waals surface area (Å²) in [5.41, 5.74) is 9.84. The molecule has 0 bridgehead atoms. The van der Waals surface area contributed by atoms with Crippen LogP contribution in [0.15, 0.2) is 142 Å². The predicted molar refractivity (Wildman–Crippen MR) is 166 cm³/mol. The zero-order valence-electron chi connectivity index (χ0n) is 21.9. The molecule has 0 N–H and O–H groups in total. The Morgan fingerprint density at radius 1 is 0.488 bits per heavy atom. The Labute approximate surface area is 234 Å².